The zero-order valence-electron chi connectivity index (χ0n) is 16.8. The van der Waals surface area contributed by atoms with Crippen LogP contribution in [0.4, 0.5) is 15.3 Å². The summed E-state index contributed by atoms with van der Waals surface area (Å²) >= 11 is 0. The standard InChI is InChI=1S/C20H24N4O6/c1-12-5-3-4-6-15(12)21-19(28)22-16(25)11-23-17(26)18(27)24(20(23)29)13-7-9-14(30-2)10-8-13/h7-10,12,15H,3-6,11H2,1-2H3,(H2,21,22,25,28)/t12-,15-/m0/s1. The average Bonchev–Trinajstić information content (AvgIpc) is 2.93. The molecule has 160 valence electrons. The first-order chi connectivity index (χ1) is 14.3. The van der Waals surface area contributed by atoms with Crippen molar-refractivity contribution < 1.29 is 28.7 Å². The number of imide groups is 3. The van der Waals surface area contributed by atoms with Crippen LogP contribution in [0.15, 0.2) is 24.3 Å². The number of ether oxygens (including phenoxy) is 1. The predicted molar refractivity (Wildman–Crippen MR) is 106 cm³/mol. The van der Waals surface area contributed by atoms with Gasteiger partial charge in [-0.2, -0.15) is 0 Å². The molecule has 1 aromatic rings. The van der Waals surface area contributed by atoms with Gasteiger partial charge in [0, 0.05) is 6.04 Å². The maximum Gasteiger partial charge on any atom is 0.339 e. The minimum atomic E-state index is -1.13. The van der Waals surface area contributed by atoms with Gasteiger partial charge in [-0.1, -0.05) is 19.8 Å². The van der Waals surface area contributed by atoms with E-state index in [0.29, 0.717) is 21.5 Å². The van der Waals surface area contributed by atoms with Gasteiger partial charge < -0.3 is 10.1 Å². The molecule has 7 amide bonds. The first-order valence-electron chi connectivity index (χ1n) is 9.76. The number of methoxy groups -OCH3 is 1. The molecule has 10 nitrogen and oxygen atoms in total. The smallest absolute Gasteiger partial charge is 0.339 e. The lowest BCUT2D eigenvalue weighted by Crippen LogP contribution is -2.50. The molecular weight excluding hydrogens is 392 g/mol. The quantitative estimate of drug-likeness (QED) is 0.552. The van der Waals surface area contributed by atoms with Crippen LogP contribution in [0.5, 0.6) is 5.75 Å². The Kier molecular flexibility index (Phi) is 6.34. The summed E-state index contributed by atoms with van der Waals surface area (Å²) in [7, 11) is 1.47. The summed E-state index contributed by atoms with van der Waals surface area (Å²) in [5.74, 6) is -2.25. The van der Waals surface area contributed by atoms with Gasteiger partial charge in [0.15, 0.2) is 0 Å². The lowest BCUT2D eigenvalue weighted by atomic mass is 9.86. The highest BCUT2D eigenvalue weighted by atomic mass is 16.5. The zero-order valence-corrected chi connectivity index (χ0v) is 16.8. The second-order valence-electron chi connectivity index (χ2n) is 7.40. The molecule has 0 aromatic heterocycles. The summed E-state index contributed by atoms with van der Waals surface area (Å²) in [6, 6.07) is 4.30. The number of rotatable bonds is 5. The van der Waals surface area contributed by atoms with Crippen molar-refractivity contribution in [2.45, 2.75) is 38.6 Å². The topological polar surface area (TPSA) is 125 Å². The van der Waals surface area contributed by atoms with Crippen LogP contribution in [0.1, 0.15) is 32.6 Å². The van der Waals surface area contributed by atoms with Gasteiger partial charge in [-0.3, -0.25) is 19.7 Å². The van der Waals surface area contributed by atoms with Crippen LogP contribution in [0.3, 0.4) is 0 Å². The van der Waals surface area contributed by atoms with Crippen LogP contribution < -0.4 is 20.3 Å². The van der Waals surface area contributed by atoms with E-state index in [-0.39, 0.29) is 11.7 Å². The van der Waals surface area contributed by atoms with Gasteiger partial charge in [-0.25, -0.2) is 19.4 Å². The molecule has 1 aliphatic carbocycles. The number of hydrogen-bond donors (Lipinski definition) is 2. The molecule has 2 atom stereocenters. The molecule has 10 heteroatoms. The molecular formula is C20H24N4O6. The number of carbonyl (C=O) groups excluding carboxylic acids is 5. The number of anilines is 1. The molecule has 1 aliphatic heterocycles. The van der Waals surface area contributed by atoms with Crippen molar-refractivity contribution in [1.82, 2.24) is 15.5 Å². The monoisotopic (exact) mass is 416 g/mol. The Labute approximate surface area is 173 Å². The predicted octanol–water partition coefficient (Wildman–Crippen LogP) is 1.39. The molecule has 1 heterocycles. The van der Waals surface area contributed by atoms with Gasteiger partial charge in [0.2, 0.25) is 5.91 Å². The summed E-state index contributed by atoms with van der Waals surface area (Å²) in [4.78, 5) is 62.5. The molecule has 3 rings (SSSR count). The van der Waals surface area contributed by atoms with Crippen LogP contribution in [0, 0.1) is 5.92 Å². The second-order valence-corrected chi connectivity index (χ2v) is 7.40. The summed E-state index contributed by atoms with van der Waals surface area (Å²) in [6.45, 7) is 1.30. The third-order valence-electron chi connectivity index (χ3n) is 5.37. The van der Waals surface area contributed by atoms with Gasteiger partial charge in [0.1, 0.15) is 12.3 Å². The highest BCUT2D eigenvalue weighted by Crippen LogP contribution is 2.25. The lowest BCUT2D eigenvalue weighted by Gasteiger charge is -2.29. The van der Waals surface area contributed by atoms with E-state index in [0.717, 1.165) is 25.7 Å². The lowest BCUT2D eigenvalue weighted by molar-refractivity contribution is -0.140. The largest absolute Gasteiger partial charge is 0.497 e. The normalized spacial score (nSPS) is 21.6. The summed E-state index contributed by atoms with van der Waals surface area (Å²) in [5, 5.41) is 4.87. The number of urea groups is 2. The van der Waals surface area contributed by atoms with Gasteiger partial charge in [0.25, 0.3) is 0 Å². The number of amides is 7. The van der Waals surface area contributed by atoms with E-state index in [1.54, 1.807) is 0 Å². The number of hydrogen-bond acceptors (Lipinski definition) is 6. The van der Waals surface area contributed by atoms with Crippen LogP contribution in [-0.2, 0) is 14.4 Å². The van der Waals surface area contributed by atoms with Crippen molar-refractivity contribution in [2.24, 2.45) is 5.92 Å². The molecule has 0 bridgehead atoms. The average molecular weight is 416 g/mol. The van der Waals surface area contributed by atoms with Crippen molar-refractivity contribution in [3.05, 3.63) is 24.3 Å². The molecule has 30 heavy (non-hydrogen) atoms. The van der Waals surface area contributed by atoms with Crippen LogP contribution in [0.2, 0.25) is 0 Å². The molecule has 0 spiro atoms. The van der Waals surface area contributed by atoms with Gasteiger partial charge in [0.05, 0.1) is 12.8 Å². The number of nitrogens with zero attached hydrogens (tertiary/aromatic N) is 2. The van der Waals surface area contributed by atoms with Crippen LogP contribution >= 0.6 is 0 Å². The molecule has 2 fully saturated rings. The third-order valence-corrected chi connectivity index (χ3v) is 5.37. The maximum atomic E-state index is 12.6. The maximum absolute atomic E-state index is 12.6. The van der Waals surface area contributed by atoms with Crippen molar-refractivity contribution in [3.63, 3.8) is 0 Å². The van der Waals surface area contributed by atoms with Gasteiger partial charge in [-0.05, 0) is 43.0 Å². The zero-order chi connectivity index (χ0) is 21.8. The third kappa shape index (κ3) is 4.42. The molecule has 0 unspecified atom stereocenters. The molecule has 1 saturated heterocycles. The van der Waals surface area contributed by atoms with Crippen molar-refractivity contribution in [3.8, 4) is 5.75 Å². The summed E-state index contributed by atoms with van der Waals surface area (Å²) < 4.78 is 5.02. The van der Waals surface area contributed by atoms with E-state index >= 15 is 0 Å². The number of nitrogens with one attached hydrogen (secondary N) is 2. The Bertz CT molecular complexity index is 869. The van der Waals surface area contributed by atoms with E-state index in [1.165, 1.54) is 31.4 Å². The highest BCUT2D eigenvalue weighted by Gasteiger charge is 2.46. The Morgan fingerprint density at radius 2 is 1.73 bits per heavy atom. The van der Waals surface area contributed by atoms with Crippen molar-refractivity contribution in [1.29, 1.82) is 0 Å². The van der Waals surface area contributed by atoms with Crippen molar-refractivity contribution >= 4 is 35.5 Å². The first kappa shape index (κ1) is 21.3. The molecule has 1 saturated carbocycles. The highest BCUT2D eigenvalue weighted by molar-refractivity contribution is 6.53. The Hall–Kier alpha value is -3.43. The molecule has 1 aromatic carbocycles. The van der Waals surface area contributed by atoms with E-state index < -0.39 is 36.3 Å². The Morgan fingerprint density at radius 1 is 1.07 bits per heavy atom. The Balaban J connectivity index is 1.60. The van der Waals surface area contributed by atoms with Gasteiger partial charge in [-0.15, -0.1) is 0 Å². The molecule has 2 aliphatic rings. The summed E-state index contributed by atoms with van der Waals surface area (Å²) in [6.07, 6.45) is 3.94. The van der Waals surface area contributed by atoms with E-state index in [2.05, 4.69) is 10.6 Å². The fourth-order valence-electron chi connectivity index (χ4n) is 3.65. The van der Waals surface area contributed by atoms with Crippen LogP contribution in [-0.4, -0.2) is 54.4 Å². The Morgan fingerprint density at radius 3 is 2.37 bits per heavy atom. The number of benzene rings is 1. The fourth-order valence-corrected chi connectivity index (χ4v) is 3.65. The molecule has 2 N–H and O–H groups in total. The summed E-state index contributed by atoms with van der Waals surface area (Å²) in [5.41, 5.74) is 0.172. The van der Waals surface area contributed by atoms with E-state index in [9.17, 15) is 24.0 Å². The number of carbonyl (C=O) groups is 5. The minimum absolute atomic E-state index is 0.0336. The van der Waals surface area contributed by atoms with Crippen molar-refractivity contribution in [2.75, 3.05) is 18.6 Å². The molecule has 0 radical (unpaired) electrons. The van der Waals surface area contributed by atoms with E-state index in [4.69, 9.17) is 4.74 Å². The van der Waals surface area contributed by atoms with Crippen LogP contribution in [0.25, 0.3) is 0 Å². The SMILES string of the molecule is COc1ccc(N2C(=O)C(=O)N(CC(=O)NC(=O)N[C@H]3CCCC[C@@H]3C)C2=O)cc1. The minimum Gasteiger partial charge on any atom is -0.497 e. The second kappa shape index (κ2) is 8.93. The first-order valence-corrected chi connectivity index (χ1v) is 9.76. The fraction of sp³-hybridized carbons (Fsp3) is 0.450. The van der Waals surface area contributed by atoms with Gasteiger partial charge >= 0.3 is 23.9 Å². The van der Waals surface area contributed by atoms with E-state index in [1.807, 2.05) is 6.92 Å².